The highest BCUT2D eigenvalue weighted by Gasteiger charge is 2.34. The molecule has 0 aromatic carbocycles. The van der Waals surface area contributed by atoms with Crippen LogP contribution in [0.25, 0.3) is 0 Å². The fourth-order valence-corrected chi connectivity index (χ4v) is 4.79. The molecule has 0 saturated heterocycles. The number of nitrogens with two attached hydrogens (primary N) is 1. The van der Waals surface area contributed by atoms with Crippen molar-refractivity contribution in [2.75, 3.05) is 13.2 Å². The molecular formula is C32H63NO5. The van der Waals surface area contributed by atoms with Gasteiger partial charge < -0.3 is 20.3 Å². The molecule has 6 nitrogen and oxygen atoms in total. The molecule has 226 valence electrons. The van der Waals surface area contributed by atoms with Crippen molar-refractivity contribution < 1.29 is 24.2 Å². The maximum Gasteiger partial charge on any atom is 0.324 e. The first-order valence-electron chi connectivity index (χ1n) is 16.3. The molecule has 0 saturated carbocycles. The fraction of sp³-hybridized carbons (Fsp3) is 0.938. The van der Waals surface area contributed by atoms with Gasteiger partial charge in [-0.3, -0.25) is 9.59 Å². The van der Waals surface area contributed by atoms with Crippen molar-refractivity contribution in [1.82, 2.24) is 0 Å². The van der Waals surface area contributed by atoms with Crippen molar-refractivity contribution in [2.24, 2.45) is 11.7 Å². The summed E-state index contributed by atoms with van der Waals surface area (Å²) in [5.41, 5.74) is 5.48. The summed E-state index contributed by atoms with van der Waals surface area (Å²) >= 11 is 0. The van der Waals surface area contributed by atoms with Gasteiger partial charge >= 0.3 is 11.9 Å². The Bertz CT molecular complexity index is 526. The van der Waals surface area contributed by atoms with Crippen molar-refractivity contribution in [3.63, 3.8) is 0 Å². The minimum absolute atomic E-state index is 0.241. The minimum Gasteiger partial charge on any atom is -0.465 e. The second-order valence-corrected chi connectivity index (χ2v) is 11.1. The van der Waals surface area contributed by atoms with E-state index >= 15 is 0 Å². The monoisotopic (exact) mass is 541 g/mol. The Morgan fingerprint density at radius 1 is 0.500 bits per heavy atom. The molecule has 2 atom stereocenters. The number of ether oxygens (including phenoxy) is 2. The standard InChI is InChI=1S/C32H63NO5/c1-3-5-7-9-11-13-15-16-17-18-20-22-24-26-28-38-32(36)29(30(33)34)31(35)37-27-25-23-21-19-14-12-10-8-6-4-2/h29-30,34H,3-28,33H2,1-2H3. The summed E-state index contributed by atoms with van der Waals surface area (Å²) in [4.78, 5) is 24.6. The summed E-state index contributed by atoms with van der Waals surface area (Å²) in [7, 11) is 0. The molecule has 0 heterocycles. The second-order valence-electron chi connectivity index (χ2n) is 11.1. The number of carbonyl (C=O) groups is 2. The van der Waals surface area contributed by atoms with Crippen LogP contribution in [0, 0.1) is 5.92 Å². The third kappa shape index (κ3) is 23.9. The molecule has 38 heavy (non-hydrogen) atoms. The van der Waals surface area contributed by atoms with Crippen LogP contribution in [0.2, 0.25) is 0 Å². The van der Waals surface area contributed by atoms with Gasteiger partial charge in [0, 0.05) is 0 Å². The van der Waals surface area contributed by atoms with Crippen LogP contribution in [0.5, 0.6) is 0 Å². The van der Waals surface area contributed by atoms with Gasteiger partial charge in [-0.25, -0.2) is 0 Å². The van der Waals surface area contributed by atoms with Crippen LogP contribution in [-0.2, 0) is 19.1 Å². The molecule has 0 amide bonds. The lowest BCUT2D eigenvalue weighted by atomic mass is 10.0. The van der Waals surface area contributed by atoms with E-state index in [2.05, 4.69) is 13.8 Å². The Morgan fingerprint density at radius 3 is 0.974 bits per heavy atom. The highest BCUT2D eigenvalue weighted by Crippen LogP contribution is 2.14. The van der Waals surface area contributed by atoms with Gasteiger partial charge in [-0.1, -0.05) is 155 Å². The van der Waals surface area contributed by atoms with Crippen LogP contribution < -0.4 is 5.73 Å². The van der Waals surface area contributed by atoms with Crippen molar-refractivity contribution in [2.45, 2.75) is 174 Å². The Kier molecular flexibility index (Phi) is 28.0. The van der Waals surface area contributed by atoms with Gasteiger partial charge in [0.2, 0.25) is 0 Å². The zero-order chi connectivity index (χ0) is 28.1. The Hall–Kier alpha value is -1.14. The van der Waals surface area contributed by atoms with Crippen molar-refractivity contribution >= 4 is 11.9 Å². The van der Waals surface area contributed by atoms with Crippen LogP contribution in [0.15, 0.2) is 0 Å². The first kappa shape index (κ1) is 36.9. The molecule has 0 bridgehead atoms. The maximum atomic E-state index is 12.3. The molecule has 0 aliphatic carbocycles. The second kappa shape index (κ2) is 28.9. The molecule has 3 N–H and O–H groups in total. The van der Waals surface area contributed by atoms with Gasteiger partial charge in [0.1, 0.15) is 6.23 Å². The van der Waals surface area contributed by atoms with Crippen LogP contribution in [0.4, 0.5) is 0 Å². The van der Waals surface area contributed by atoms with E-state index in [1.54, 1.807) is 0 Å². The molecule has 0 spiro atoms. The molecule has 6 heteroatoms. The summed E-state index contributed by atoms with van der Waals surface area (Å²) in [6, 6.07) is 0. The minimum atomic E-state index is -1.61. The lowest BCUT2D eigenvalue weighted by Gasteiger charge is -2.17. The topological polar surface area (TPSA) is 98.9 Å². The van der Waals surface area contributed by atoms with Crippen LogP contribution in [0.3, 0.4) is 0 Å². The Balaban J connectivity index is 3.69. The SMILES string of the molecule is CCCCCCCCCCCCCCCCOC(=O)C(C(=O)OCCCCCCCCCCCC)C(N)O. The Labute approximate surface area is 235 Å². The molecule has 0 aromatic heterocycles. The van der Waals surface area contributed by atoms with E-state index in [1.165, 1.54) is 116 Å². The normalized spacial score (nSPS) is 12.8. The predicted molar refractivity (Wildman–Crippen MR) is 158 cm³/mol. The number of aliphatic hydroxyl groups excluding tert-OH is 1. The summed E-state index contributed by atoms with van der Waals surface area (Å²) in [5, 5.41) is 9.73. The smallest absolute Gasteiger partial charge is 0.324 e. The molecule has 0 aromatic rings. The van der Waals surface area contributed by atoms with Crippen molar-refractivity contribution in [3.05, 3.63) is 0 Å². The van der Waals surface area contributed by atoms with Gasteiger partial charge in [0.15, 0.2) is 5.92 Å². The van der Waals surface area contributed by atoms with Gasteiger partial charge in [0.05, 0.1) is 13.2 Å². The van der Waals surface area contributed by atoms with Gasteiger partial charge in [0.25, 0.3) is 0 Å². The van der Waals surface area contributed by atoms with E-state index in [9.17, 15) is 14.7 Å². The third-order valence-electron chi connectivity index (χ3n) is 7.33. The van der Waals surface area contributed by atoms with E-state index in [0.717, 1.165) is 38.5 Å². The number of hydrogen-bond donors (Lipinski definition) is 2. The average molecular weight is 542 g/mol. The van der Waals surface area contributed by atoms with Crippen LogP contribution in [-0.4, -0.2) is 36.5 Å². The largest absolute Gasteiger partial charge is 0.465 e. The first-order valence-corrected chi connectivity index (χ1v) is 16.3. The molecule has 0 aliphatic heterocycles. The van der Waals surface area contributed by atoms with E-state index in [0.29, 0.717) is 0 Å². The number of carbonyl (C=O) groups excluding carboxylic acids is 2. The zero-order valence-electron chi connectivity index (χ0n) is 25.2. The van der Waals surface area contributed by atoms with Crippen molar-refractivity contribution in [3.8, 4) is 0 Å². The van der Waals surface area contributed by atoms with Crippen LogP contribution >= 0.6 is 0 Å². The summed E-state index contributed by atoms with van der Waals surface area (Å²) in [6.07, 6.45) is 27.9. The first-order chi connectivity index (χ1) is 18.5. The highest BCUT2D eigenvalue weighted by molar-refractivity contribution is 5.95. The van der Waals surface area contributed by atoms with Gasteiger partial charge in [-0.2, -0.15) is 0 Å². The fourth-order valence-electron chi connectivity index (χ4n) is 4.79. The highest BCUT2D eigenvalue weighted by atomic mass is 16.6. The number of aliphatic hydroxyl groups is 1. The van der Waals surface area contributed by atoms with E-state index in [4.69, 9.17) is 15.2 Å². The summed E-state index contributed by atoms with van der Waals surface area (Å²) in [6.45, 7) is 4.97. The molecule has 0 fully saturated rings. The maximum absolute atomic E-state index is 12.3. The van der Waals surface area contributed by atoms with E-state index in [1.807, 2.05) is 0 Å². The predicted octanol–water partition coefficient (Wildman–Crippen LogP) is 8.37. The van der Waals surface area contributed by atoms with Crippen molar-refractivity contribution in [1.29, 1.82) is 0 Å². The third-order valence-corrected chi connectivity index (χ3v) is 7.33. The van der Waals surface area contributed by atoms with Crippen LogP contribution in [0.1, 0.15) is 168 Å². The lowest BCUT2D eigenvalue weighted by molar-refractivity contribution is -0.167. The zero-order valence-corrected chi connectivity index (χ0v) is 25.2. The lowest BCUT2D eigenvalue weighted by Crippen LogP contribution is -2.42. The molecular weight excluding hydrogens is 478 g/mol. The molecule has 2 unspecified atom stereocenters. The van der Waals surface area contributed by atoms with Gasteiger partial charge in [-0.05, 0) is 12.8 Å². The average Bonchev–Trinajstić information content (AvgIpc) is 2.89. The Morgan fingerprint density at radius 2 is 0.737 bits per heavy atom. The quantitative estimate of drug-likeness (QED) is 0.0427. The van der Waals surface area contributed by atoms with E-state index in [-0.39, 0.29) is 13.2 Å². The summed E-state index contributed by atoms with van der Waals surface area (Å²) < 4.78 is 10.4. The number of hydrogen-bond acceptors (Lipinski definition) is 6. The number of rotatable bonds is 29. The number of unbranched alkanes of at least 4 members (excludes halogenated alkanes) is 22. The van der Waals surface area contributed by atoms with Gasteiger partial charge in [-0.15, -0.1) is 0 Å². The molecule has 0 aliphatic rings. The molecule has 0 rings (SSSR count). The van der Waals surface area contributed by atoms with E-state index < -0.39 is 24.1 Å². The summed E-state index contributed by atoms with van der Waals surface area (Å²) in [5.74, 6) is -3.05. The number of esters is 2. The molecule has 0 radical (unpaired) electrons.